The van der Waals surface area contributed by atoms with Gasteiger partial charge in [-0.25, -0.2) is 13.2 Å². The van der Waals surface area contributed by atoms with Crippen LogP contribution < -0.4 is 5.32 Å². The lowest BCUT2D eigenvalue weighted by Gasteiger charge is -2.14. The van der Waals surface area contributed by atoms with Gasteiger partial charge in [-0.2, -0.15) is 0 Å². The Labute approximate surface area is 155 Å². The van der Waals surface area contributed by atoms with Gasteiger partial charge in [-0.3, -0.25) is 9.63 Å². The fourth-order valence-corrected chi connectivity index (χ4v) is 3.49. The Hall–Kier alpha value is -2.27. The van der Waals surface area contributed by atoms with Crippen LogP contribution in [-0.4, -0.2) is 45.5 Å². The number of nitrogens with one attached hydrogen (secondary N) is 1. The third kappa shape index (κ3) is 5.11. The van der Waals surface area contributed by atoms with Crippen LogP contribution in [0.25, 0.3) is 0 Å². The molecule has 0 unspecified atom stereocenters. The average Bonchev–Trinajstić information content (AvgIpc) is 3.17. The molecule has 140 valence electrons. The number of hydrogen-bond acceptors (Lipinski definition) is 7. The minimum Gasteiger partial charge on any atom is -0.452 e. The molecule has 1 heterocycles. The van der Waals surface area contributed by atoms with Crippen molar-refractivity contribution >= 4 is 33.2 Å². The molecule has 1 N–H and O–H groups in total. The number of carbonyl (C=O) groups is 2. The molecule has 0 aliphatic heterocycles. The molecule has 1 amide bonds. The summed E-state index contributed by atoms with van der Waals surface area (Å²) in [4.78, 5) is 29.3. The van der Waals surface area contributed by atoms with Gasteiger partial charge >= 0.3 is 5.97 Å². The van der Waals surface area contributed by atoms with Crippen LogP contribution in [-0.2, 0) is 30.9 Å². The van der Waals surface area contributed by atoms with Crippen LogP contribution in [0.3, 0.4) is 0 Å². The van der Waals surface area contributed by atoms with Crippen LogP contribution in [0.15, 0.2) is 46.7 Å². The minimum absolute atomic E-state index is 0.0351. The van der Waals surface area contributed by atoms with Gasteiger partial charge in [0.2, 0.25) is 0 Å². The first kappa shape index (κ1) is 20.0. The van der Waals surface area contributed by atoms with Crippen LogP contribution in [0.5, 0.6) is 0 Å². The van der Waals surface area contributed by atoms with Crippen molar-refractivity contribution in [1.82, 2.24) is 9.79 Å². The van der Waals surface area contributed by atoms with Gasteiger partial charge in [-0.1, -0.05) is 10.5 Å². The van der Waals surface area contributed by atoms with Crippen LogP contribution in [0.1, 0.15) is 15.2 Å². The molecule has 10 heteroatoms. The second-order valence-electron chi connectivity index (χ2n) is 5.05. The van der Waals surface area contributed by atoms with Crippen molar-refractivity contribution in [2.45, 2.75) is 11.4 Å². The molecule has 1 aromatic carbocycles. The minimum atomic E-state index is -3.79. The fraction of sp³-hybridized carbons (Fsp3) is 0.250. The zero-order valence-corrected chi connectivity index (χ0v) is 15.8. The zero-order valence-electron chi connectivity index (χ0n) is 14.2. The maximum Gasteiger partial charge on any atom is 0.338 e. The molecule has 0 atom stereocenters. The number of amides is 1. The predicted molar refractivity (Wildman–Crippen MR) is 94.8 cm³/mol. The molecule has 26 heavy (non-hydrogen) atoms. The zero-order chi connectivity index (χ0) is 19.2. The van der Waals surface area contributed by atoms with E-state index in [9.17, 15) is 18.0 Å². The number of nitrogens with zero attached hydrogens (tertiary/aromatic N) is 1. The van der Waals surface area contributed by atoms with Gasteiger partial charge in [0.15, 0.2) is 6.61 Å². The normalized spacial score (nSPS) is 11.3. The van der Waals surface area contributed by atoms with Crippen LogP contribution in [0.2, 0.25) is 0 Å². The van der Waals surface area contributed by atoms with E-state index in [1.165, 1.54) is 49.8 Å². The molecule has 0 spiro atoms. The number of esters is 1. The van der Waals surface area contributed by atoms with E-state index in [0.717, 1.165) is 4.88 Å². The lowest BCUT2D eigenvalue weighted by molar-refractivity contribution is -0.124. The SMILES string of the molecule is CON(C)S(=O)(=O)c1ccc(C(=O)OCC(=O)NCc2cccs2)cc1. The second-order valence-corrected chi connectivity index (χ2v) is 8.02. The van der Waals surface area contributed by atoms with Gasteiger partial charge in [-0.05, 0) is 35.7 Å². The number of sulfonamides is 1. The van der Waals surface area contributed by atoms with Gasteiger partial charge in [0, 0.05) is 11.9 Å². The lowest BCUT2D eigenvalue weighted by atomic mass is 10.2. The molecular weight excluding hydrogens is 380 g/mol. The van der Waals surface area contributed by atoms with Gasteiger partial charge in [0.25, 0.3) is 15.9 Å². The molecule has 0 saturated carbocycles. The number of benzene rings is 1. The van der Waals surface area contributed by atoms with Gasteiger partial charge < -0.3 is 10.1 Å². The van der Waals surface area contributed by atoms with Gasteiger partial charge in [0.05, 0.1) is 24.1 Å². The van der Waals surface area contributed by atoms with E-state index in [-0.39, 0.29) is 10.5 Å². The summed E-state index contributed by atoms with van der Waals surface area (Å²) < 4.78 is 29.8. The highest BCUT2D eigenvalue weighted by molar-refractivity contribution is 7.89. The number of rotatable bonds is 8. The smallest absolute Gasteiger partial charge is 0.338 e. The van der Waals surface area contributed by atoms with Crippen molar-refractivity contribution < 1.29 is 27.6 Å². The summed E-state index contributed by atoms with van der Waals surface area (Å²) in [7, 11) is -1.31. The summed E-state index contributed by atoms with van der Waals surface area (Å²) in [6, 6.07) is 8.90. The molecule has 0 bridgehead atoms. The van der Waals surface area contributed by atoms with Crippen LogP contribution in [0, 0.1) is 0 Å². The van der Waals surface area contributed by atoms with Crippen molar-refractivity contribution in [2.24, 2.45) is 0 Å². The summed E-state index contributed by atoms with van der Waals surface area (Å²) >= 11 is 1.51. The molecule has 0 saturated heterocycles. The van der Waals surface area contributed by atoms with E-state index in [1.54, 1.807) is 0 Å². The Morgan fingerprint density at radius 1 is 1.19 bits per heavy atom. The van der Waals surface area contributed by atoms with Crippen LogP contribution >= 0.6 is 11.3 Å². The van der Waals surface area contributed by atoms with E-state index < -0.39 is 28.5 Å². The van der Waals surface area contributed by atoms with Gasteiger partial charge in [-0.15, -0.1) is 11.3 Å². The summed E-state index contributed by atoms with van der Waals surface area (Å²) in [6.45, 7) is -0.0513. The highest BCUT2D eigenvalue weighted by Crippen LogP contribution is 2.15. The maximum atomic E-state index is 12.1. The third-order valence-electron chi connectivity index (χ3n) is 3.36. The summed E-state index contributed by atoms with van der Waals surface area (Å²) in [5.74, 6) is -1.15. The van der Waals surface area contributed by atoms with E-state index in [2.05, 4.69) is 10.2 Å². The first-order valence-corrected chi connectivity index (χ1v) is 9.76. The number of hydroxylamine groups is 1. The molecule has 0 aliphatic carbocycles. The summed E-state index contributed by atoms with van der Waals surface area (Å²) in [5.41, 5.74) is 0.134. The topological polar surface area (TPSA) is 102 Å². The highest BCUT2D eigenvalue weighted by Gasteiger charge is 2.21. The Bertz CT molecular complexity index is 847. The average molecular weight is 398 g/mol. The third-order valence-corrected chi connectivity index (χ3v) is 5.93. The first-order valence-electron chi connectivity index (χ1n) is 7.44. The molecule has 8 nitrogen and oxygen atoms in total. The number of thiophene rings is 1. The molecular formula is C16H18N2O6S2. The standard InChI is InChI=1S/C16H18N2O6S2/c1-18(23-2)26(21,22)14-7-5-12(6-8-14)16(20)24-11-15(19)17-10-13-4-3-9-25-13/h3-9H,10-11H2,1-2H3,(H,17,19). The monoisotopic (exact) mass is 398 g/mol. The first-order chi connectivity index (χ1) is 12.3. The Kier molecular flexibility index (Phi) is 6.86. The maximum absolute atomic E-state index is 12.1. The quantitative estimate of drug-likeness (QED) is 0.533. The Morgan fingerprint density at radius 2 is 1.88 bits per heavy atom. The molecule has 2 rings (SSSR count). The van der Waals surface area contributed by atoms with Crippen molar-refractivity contribution in [3.63, 3.8) is 0 Å². The van der Waals surface area contributed by atoms with E-state index in [1.807, 2.05) is 17.5 Å². The number of ether oxygens (including phenoxy) is 1. The largest absolute Gasteiger partial charge is 0.452 e. The van der Waals surface area contributed by atoms with Crippen LogP contribution in [0.4, 0.5) is 0 Å². The van der Waals surface area contributed by atoms with E-state index in [4.69, 9.17) is 4.74 Å². The molecule has 0 fully saturated rings. The van der Waals surface area contributed by atoms with Crippen molar-refractivity contribution in [3.8, 4) is 0 Å². The van der Waals surface area contributed by atoms with E-state index in [0.29, 0.717) is 11.0 Å². The van der Waals surface area contributed by atoms with E-state index >= 15 is 0 Å². The number of carbonyl (C=O) groups excluding carboxylic acids is 2. The van der Waals surface area contributed by atoms with Crippen molar-refractivity contribution in [1.29, 1.82) is 0 Å². The molecule has 2 aromatic rings. The molecule has 0 aliphatic rings. The fourth-order valence-electron chi connectivity index (χ4n) is 1.87. The number of hydrogen-bond donors (Lipinski definition) is 1. The second kappa shape index (κ2) is 8.90. The van der Waals surface area contributed by atoms with Gasteiger partial charge in [0.1, 0.15) is 0 Å². The summed E-state index contributed by atoms with van der Waals surface area (Å²) in [5, 5.41) is 4.53. The Balaban J connectivity index is 1.88. The van der Waals surface area contributed by atoms with Crippen molar-refractivity contribution in [3.05, 3.63) is 52.2 Å². The molecule has 0 radical (unpaired) electrons. The van der Waals surface area contributed by atoms with Crippen molar-refractivity contribution in [2.75, 3.05) is 20.8 Å². The molecule has 1 aromatic heterocycles. The predicted octanol–water partition coefficient (Wildman–Crippen LogP) is 1.40. The lowest BCUT2D eigenvalue weighted by Crippen LogP contribution is -2.28. The Morgan fingerprint density at radius 3 is 2.46 bits per heavy atom. The summed E-state index contributed by atoms with van der Waals surface area (Å²) in [6.07, 6.45) is 0. The highest BCUT2D eigenvalue weighted by atomic mass is 32.2.